The lowest BCUT2D eigenvalue weighted by Crippen LogP contribution is -2.37. The number of carbonyl (C=O) groups is 3. The molecule has 0 saturated heterocycles. The summed E-state index contributed by atoms with van der Waals surface area (Å²) < 4.78 is 17.3. The van der Waals surface area contributed by atoms with Crippen LogP contribution in [0.25, 0.3) is 18.2 Å². The van der Waals surface area contributed by atoms with Gasteiger partial charge in [0, 0.05) is 56.3 Å². The molecule has 0 N–H and O–H groups in total. The van der Waals surface area contributed by atoms with Crippen molar-refractivity contribution >= 4 is 53.2 Å². The third kappa shape index (κ3) is 9.24. The van der Waals surface area contributed by atoms with Crippen LogP contribution in [0.2, 0.25) is 0 Å². The number of nitrogens with zero attached hydrogens (tertiary/aromatic N) is 6. The summed E-state index contributed by atoms with van der Waals surface area (Å²) in [6, 6.07) is 18.2. The van der Waals surface area contributed by atoms with Crippen molar-refractivity contribution in [2.45, 2.75) is 84.0 Å². The van der Waals surface area contributed by atoms with Crippen LogP contribution in [0.3, 0.4) is 0 Å². The molecule has 9 rings (SSSR count). The monoisotopic (exact) mass is 870 g/mol. The molecule has 332 valence electrons. The van der Waals surface area contributed by atoms with E-state index in [0.29, 0.717) is 0 Å². The van der Waals surface area contributed by atoms with Gasteiger partial charge < -0.3 is 28.9 Å². The zero-order chi connectivity index (χ0) is 45.1. The van der Waals surface area contributed by atoms with Crippen molar-refractivity contribution in [3.8, 4) is 18.2 Å². The summed E-state index contributed by atoms with van der Waals surface area (Å²) in [5, 5.41) is 30.5. The predicted octanol–water partition coefficient (Wildman–Crippen LogP) is 7.54. The van der Waals surface area contributed by atoms with Crippen LogP contribution in [0, 0.1) is 39.4 Å². The molecule has 3 aromatic carbocycles. The van der Waals surface area contributed by atoms with Crippen LogP contribution < -0.4 is 14.7 Å². The van der Waals surface area contributed by atoms with Crippen LogP contribution in [0.1, 0.15) is 95.5 Å². The zero-order valence-corrected chi connectivity index (χ0v) is 37.2. The van der Waals surface area contributed by atoms with Gasteiger partial charge in [-0.2, -0.15) is 15.8 Å². The first-order valence-electron chi connectivity index (χ1n) is 23.2. The third-order valence-corrected chi connectivity index (χ3v) is 13.7. The minimum atomic E-state index is -1.35. The van der Waals surface area contributed by atoms with E-state index < -0.39 is 43.1 Å². The Balaban J connectivity index is 0.935. The first kappa shape index (κ1) is 43.4. The van der Waals surface area contributed by atoms with E-state index >= 15 is 0 Å². The molecule has 6 aliphatic heterocycles. The fraction of sp³-hybridized carbons (Fsp3) is 0.434. The predicted molar refractivity (Wildman–Crippen MR) is 248 cm³/mol. The van der Waals surface area contributed by atoms with Crippen LogP contribution in [0.4, 0.5) is 17.1 Å². The molecule has 6 aliphatic rings. The number of rotatable bonds is 12. The summed E-state index contributed by atoms with van der Waals surface area (Å²) in [6.45, 7) is 6.53. The third-order valence-electron chi connectivity index (χ3n) is 13.7. The second-order valence-electron chi connectivity index (χ2n) is 18.7. The second kappa shape index (κ2) is 18.7. The van der Waals surface area contributed by atoms with Crippen molar-refractivity contribution in [2.24, 2.45) is 5.41 Å². The van der Waals surface area contributed by atoms with E-state index in [0.717, 1.165) is 133 Å². The highest BCUT2D eigenvalue weighted by molar-refractivity contribution is 5.99. The SMILES string of the molecule is CC(COC(=O)/C(C#N)=C/c1cc2c3c(c1)CCCN3CCC2)(COC(=O)/C(C#N)=C/c1cc2c3c(c1)CCCN3CCC2)COC(=O)/C(C#N)=C/c1cc2c3c(c1)CCCN3CCC2. The van der Waals surface area contributed by atoms with Gasteiger partial charge in [0.1, 0.15) is 54.7 Å². The topological polar surface area (TPSA) is 160 Å². The van der Waals surface area contributed by atoms with Crippen LogP contribution in [-0.2, 0) is 67.1 Å². The normalized spacial score (nSPS) is 17.6. The quantitative estimate of drug-likeness (QED) is 0.0763. The molecule has 0 amide bonds. The van der Waals surface area contributed by atoms with E-state index in [4.69, 9.17) is 14.2 Å². The zero-order valence-electron chi connectivity index (χ0n) is 37.2. The van der Waals surface area contributed by atoms with Gasteiger partial charge in [0.2, 0.25) is 0 Å². The van der Waals surface area contributed by atoms with Gasteiger partial charge in [-0.1, -0.05) is 0 Å². The van der Waals surface area contributed by atoms with Crippen molar-refractivity contribution in [3.05, 3.63) is 103 Å². The molecule has 0 radical (unpaired) electrons. The summed E-state index contributed by atoms with van der Waals surface area (Å²) in [6.07, 6.45) is 16.4. The molecule has 0 aromatic heterocycles. The van der Waals surface area contributed by atoms with Gasteiger partial charge in [-0.05, 0) is 189 Å². The lowest BCUT2D eigenvalue weighted by molar-refractivity contribution is -0.155. The van der Waals surface area contributed by atoms with E-state index in [1.54, 1.807) is 6.92 Å². The number of esters is 3. The molecule has 0 atom stereocenters. The first-order chi connectivity index (χ1) is 31.6. The molecule has 0 spiro atoms. The Kier molecular flexibility index (Phi) is 12.5. The van der Waals surface area contributed by atoms with Crippen molar-refractivity contribution in [2.75, 3.05) is 73.8 Å². The van der Waals surface area contributed by atoms with Crippen molar-refractivity contribution in [1.29, 1.82) is 15.8 Å². The molecule has 65 heavy (non-hydrogen) atoms. The number of carbonyl (C=O) groups excluding carboxylic acids is 3. The minimum absolute atomic E-state index is 0.208. The molecule has 0 saturated carbocycles. The average Bonchev–Trinajstić information content (AvgIpc) is 3.32. The highest BCUT2D eigenvalue weighted by Gasteiger charge is 2.34. The largest absolute Gasteiger partial charge is 0.461 e. The Bertz CT molecular complexity index is 2290. The summed E-state index contributed by atoms with van der Waals surface area (Å²) in [5.74, 6) is -2.65. The Labute approximate surface area is 380 Å². The number of hydrogen-bond donors (Lipinski definition) is 0. The Morgan fingerprint density at radius 2 is 0.708 bits per heavy atom. The fourth-order valence-electron chi connectivity index (χ4n) is 10.7. The van der Waals surface area contributed by atoms with Gasteiger partial charge in [0.05, 0.1) is 5.41 Å². The number of ether oxygens (including phenoxy) is 3. The van der Waals surface area contributed by atoms with Gasteiger partial charge >= 0.3 is 17.9 Å². The Morgan fingerprint density at radius 3 is 0.923 bits per heavy atom. The number of aryl methyl sites for hydroxylation is 6. The summed E-state index contributed by atoms with van der Waals surface area (Å²) >= 11 is 0. The maximum Gasteiger partial charge on any atom is 0.348 e. The maximum atomic E-state index is 13.6. The molecule has 0 aliphatic carbocycles. The van der Waals surface area contributed by atoms with Crippen LogP contribution in [-0.4, -0.2) is 77.0 Å². The van der Waals surface area contributed by atoms with Crippen LogP contribution in [0.5, 0.6) is 0 Å². The van der Waals surface area contributed by atoms with Crippen molar-refractivity contribution in [1.82, 2.24) is 0 Å². The van der Waals surface area contributed by atoms with Gasteiger partial charge in [0.15, 0.2) is 0 Å². The molecular formula is C53H54N6O6. The lowest BCUT2D eigenvalue weighted by atomic mass is 9.89. The first-order valence-corrected chi connectivity index (χ1v) is 23.2. The molecule has 6 heterocycles. The summed E-state index contributed by atoms with van der Waals surface area (Å²) in [4.78, 5) is 48.2. The number of hydrogen-bond acceptors (Lipinski definition) is 12. The highest BCUT2D eigenvalue weighted by atomic mass is 16.6. The van der Waals surface area contributed by atoms with E-state index in [2.05, 4.69) is 14.7 Å². The van der Waals surface area contributed by atoms with Gasteiger partial charge in [-0.15, -0.1) is 0 Å². The average molecular weight is 871 g/mol. The number of anilines is 3. The molecule has 12 heteroatoms. The summed E-state index contributed by atoms with van der Waals surface area (Å²) in [5.41, 5.74) is 11.3. The number of benzene rings is 3. The van der Waals surface area contributed by atoms with Gasteiger partial charge in [0.25, 0.3) is 0 Å². The summed E-state index contributed by atoms with van der Waals surface area (Å²) in [7, 11) is 0. The molecule has 0 unspecified atom stereocenters. The Morgan fingerprint density at radius 1 is 0.477 bits per heavy atom. The highest BCUT2D eigenvalue weighted by Crippen LogP contribution is 2.39. The van der Waals surface area contributed by atoms with Gasteiger partial charge in [-0.3, -0.25) is 0 Å². The minimum Gasteiger partial charge on any atom is -0.461 e. The number of nitriles is 3. The molecular weight excluding hydrogens is 817 g/mol. The molecule has 0 fully saturated rings. The van der Waals surface area contributed by atoms with E-state index in [1.165, 1.54) is 68.7 Å². The smallest absolute Gasteiger partial charge is 0.348 e. The second-order valence-corrected chi connectivity index (χ2v) is 18.7. The van der Waals surface area contributed by atoms with Crippen LogP contribution in [0.15, 0.2) is 53.1 Å². The van der Waals surface area contributed by atoms with Crippen molar-refractivity contribution in [3.63, 3.8) is 0 Å². The van der Waals surface area contributed by atoms with Gasteiger partial charge in [-0.25, -0.2) is 14.4 Å². The van der Waals surface area contributed by atoms with E-state index in [1.807, 2.05) is 54.6 Å². The standard InChI is InChI=1S/C53H54N6O6/c1-53(32-63-50(60)44(29-54)26-35-20-38-8-2-14-57-15-3-9-39(21-35)47(38)57,33-64-51(61)45(30-55)27-36-22-40-10-4-16-58-17-5-11-41(23-36)48(40)58)34-65-52(62)46(31-56)28-37-24-42-12-6-18-59-19-7-13-43(25-37)49(42)59/h20-28H,2-19,32-34H2,1H3/b44-26+,45-27+,46-28+. The Hall–Kier alpha value is -6.84. The fourth-order valence-corrected chi connectivity index (χ4v) is 10.7. The maximum absolute atomic E-state index is 13.6. The molecule has 0 bridgehead atoms. The lowest BCUT2D eigenvalue weighted by Gasteiger charge is -2.37. The molecule has 3 aromatic rings. The van der Waals surface area contributed by atoms with Crippen molar-refractivity contribution < 1.29 is 28.6 Å². The van der Waals surface area contributed by atoms with E-state index in [9.17, 15) is 30.2 Å². The van der Waals surface area contributed by atoms with Crippen LogP contribution >= 0.6 is 0 Å². The van der Waals surface area contributed by atoms with E-state index in [-0.39, 0.29) is 16.7 Å². The molecule has 12 nitrogen and oxygen atoms in total.